The van der Waals surface area contributed by atoms with Gasteiger partial charge < -0.3 is 14.9 Å². The van der Waals surface area contributed by atoms with E-state index in [1.165, 1.54) is 6.92 Å². The third-order valence-corrected chi connectivity index (χ3v) is 3.68. The van der Waals surface area contributed by atoms with Gasteiger partial charge in [-0.05, 0) is 19.1 Å². The number of carbonyl (C=O) groups excluding carboxylic acids is 1. The van der Waals surface area contributed by atoms with Crippen molar-refractivity contribution in [1.29, 1.82) is 0 Å². The molecule has 1 saturated heterocycles. The number of carbonyl (C=O) groups is 2. The number of aliphatic carboxylic acids is 1. The van der Waals surface area contributed by atoms with E-state index < -0.39 is 5.97 Å². The molecule has 1 aromatic rings. The Balaban J connectivity index is 2.21. The Kier molecular flexibility index (Phi) is 4.27. The normalized spacial score (nSPS) is 22.7. The largest absolute Gasteiger partial charge is 0.481 e. The van der Waals surface area contributed by atoms with E-state index in [9.17, 15) is 9.59 Å². The van der Waals surface area contributed by atoms with Crippen molar-refractivity contribution in [2.75, 3.05) is 18.0 Å². The average Bonchev–Trinajstić information content (AvgIpc) is 2.38. The Hall–Kier alpha value is -2.04. The lowest BCUT2D eigenvalue weighted by atomic mass is 10.0. The summed E-state index contributed by atoms with van der Waals surface area (Å²) in [5.74, 6) is -0.931. The van der Waals surface area contributed by atoms with Gasteiger partial charge in [-0.3, -0.25) is 9.59 Å². The molecule has 1 fully saturated rings. The van der Waals surface area contributed by atoms with Gasteiger partial charge in [-0.2, -0.15) is 0 Å². The van der Waals surface area contributed by atoms with E-state index in [1.54, 1.807) is 4.90 Å². The minimum Gasteiger partial charge on any atom is -0.481 e. The summed E-state index contributed by atoms with van der Waals surface area (Å²) in [6.45, 7) is 4.74. The van der Waals surface area contributed by atoms with Gasteiger partial charge in [-0.15, -0.1) is 0 Å². The highest BCUT2D eigenvalue weighted by molar-refractivity contribution is 5.76. The first kappa shape index (κ1) is 14.4. The zero-order valence-corrected chi connectivity index (χ0v) is 11.8. The van der Waals surface area contributed by atoms with Crippen molar-refractivity contribution < 1.29 is 14.7 Å². The monoisotopic (exact) mass is 276 g/mol. The van der Waals surface area contributed by atoms with Gasteiger partial charge in [0.1, 0.15) is 0 Å². The van der Waals surface area contributed by atoms with E-state index in [2.05, 4.69) is 4.90 Å². The first-order valence-corrected chi connectivity index (χ1v) is 6.79. The predicted octanol–water partition coefficient (Wildman–Crippen LogP) is 1.59. The Morgan fingerprint density at radius 2 is 1.90 bits per heavy atom. The smallest absolute Gasteiger partial charge is 0.305 e. The molecule has 0 saturated carbocycles. The van der Waals surface area contributed by atoms with Crippen LogP contribution in [0.3, 0.4) is 0 Å². The van der Waals surface area contributed by atoms with E-state index in [-0.39, 0.29) is 24.4 Å². The van der Waals surface area contributed by atoms with Gasteiger partial charge >= 0.3 is 5.97 Å². The van der Waals surface area contributed by atoms with Crippen LogP contribution in [0.4, 0.5) is 5.69 Å². The first-order valence-electron chi connectivity index (χ1n) is 6.79. The van der Waals surface area contributed by atoms with Gasteiger partial charge in [-0.1, -0.05) is 18.2 Å². The maximum atomic E-state index is 11.8. The van der Waals surface area contributed by atoms with E-state index in [0.29, 0.717) is 6.54 Å². The van der Waals surface area contributed by atoms with Crippen molar-refractivity contribution in [2.24, 2.45) is 0 Å². The van der Waals surface area contributed by atoms with Gasteiger partial charge in [-0.25, -0.2) is 0 Å². The molecule has 108 valence electrons. The Morgan fingerprint density at radius 1 is 1.25 bits per heavy atom. The molecular weight excluding hydrogens is 256 g/mol. The van der Waals surface area contributed by atoms with Crippen molar-refractivity contribution >= 4 is 17.6 Å². The lowest BCUT2D eigenvalue weighted by molar-refractivity contribution is -0.141. The molecule has 0 aliphatic carbocycles. The number of anilines is 1. The van der Waals surface area contributed by atoms with Gasteiger partial charge in [0, 0.05) is 31.7 Å². The fourth-order valence-corrected chi connectivity index (χ4v) is 2.97. The van der Waals surface area contributed by atoms with Crippen LogP contribution in [0.1, 0.15) is 20.3 Å². The molecule has 2 rings (SSSR count). The lowest BCUT2D eigenvalue weighted by Gasteiger charge is -2.46. The summed E-state index contributed by atoms with van der Waals surface area (Å²) >= 11 is 0. The summed E-state index contributed by atoms with van der Waals surface area (Å²) in [5.41, 5.74) is 1.07. The van der Waals surface area contributed by atoms with Crippen LogP contribution >= 0.6 is 0 Å². The summed E-state index contributed by atoms with van der Waals surface area (Å²) in [4.78, 5) is 26.6. The molecule has 20 heavy (non-hydrogen) atoms. The second-order valence-electron chi connectivity index (χ2n) is 5.27. The first-order chi connectivity index (χ1) is 9.49. The Morgan fingerprint density at radius 3 is 2.45 bits per heavy atom. The summed E-state index contributed by atoms with van der Waals surface area (Å²) in [5, 5.41) is 9.05. The Labute approximate surface area is 118 Å². The highest BCUT2D eigenvalue weighted by atomic mass is 16.4. The predicted molar refractivity (Wildman–Crippen MR) is 76.7 cm³/mol. The summed E-state index contributed by atoms with van der Waals surface area (Å²) in [7, 11) is 0. The number of hydrogen-bond donors (Lipinski definition) is 1. The highest BCUT2D eigenvalue weighted by Crippen LogP contribution is 2.24. The van der Waals surface area contributed by atoms with Crippen LogP contribution in [-0.4, -0.2) is 47.1 Å². The summed E-state index contributed by atoms with van der Waals surface area (Å²) in [6, 6.07) is 9.61. The summed E-state index contributed by atoms with van der Waals surface area (Å²) in [6.07, 6.45) is -0.0206. The Bertz CT molecular complexity index is 489. The van der Waals surface area contributed by atoms with E-state index in [0.717, 1.165) is 12.2 Å². The number of benzene rings is 1. The molecule has 2 atom stereocenters. The van der Waals surface area contributed by atoms with Crippen molar-refractivity contribution in [3.8, 4) is 0 Å². The molecule has 1 aliphatic heterocycles. The summed E-state index contributed by atoms with van der Waals surface area (Å²) < 4.78 is 0. The molecule has 1 aliphatic rings. The van der Waals surface area contributed by atoms with Gasteiger partial charge in [0.25, 0.3) is 0 Å². The molecule has 0 aromatic heterocycles. The van der Waals surface area contributed by atoms with Crippen LogP contribution in [0.5, 0.6) is 0 Å². The van der Waals surface area contributed by atoms with Crippen molar-refractivity contribution in [1.82, 2.24) is 4.90 Å². The van der Waals surface area contributed by atoms with E-state index in [4.69, 9.17) is 5.11 Å². The van der Waals surface area contributed by atoms with Crippen LogP contribution in [0.2, 0.25) is 0 Å². The molecule has 1 amide bonds. The maximum Gasteiger partial charge on any atom is 0.305 e. The second kappa shape index (κ2) is 5.94. The number of rotatable bonds is 3. The van der Waals surface area contributed by atoms with E-state index >= 15 is 0 Å². The number of nitrogens with zero attached hydrogens (tertiary/aromatic N) is 2. The van der Waals surface area contributed by atoms with Crippen LogP contribution < -0.4 is 4.90 Å². The van der Waals surface area contributed by atoms with Crippen molar-refractivity contribution in [3.63, 3.8) is 0 Å². The quantitative estimate of drug-likeness (QED) is 0.910. The van der Waals surface area contributed by atoms with Crippen LogP contribution in [-0.2, 0) is 9.59 Å². The molecule has 5 nitrogen and oxygen atoms in total. The standard InChI is InChI=1S/C15H20N2O3/c1-11-9-16(13-6-4-3-5-7-13)10-14(8-15(19)20)17(11)12(2)18/h3-7,11,14H,8-10H2,1-2H3,(H,19,20)/t11-,14+/m0/s1. The molecule has 0 radical (unpaired) electrons. The average molecular weight is 276 g/mol. The highest BCUT2D eigenvalue weighted by Gasteiger charge is 2.34. The molecule has 1 aromatic carbocycles. The maximum absolute atomic E-state index is 11.8. The second-order valence-corrected chi connectivity index (χ2v) is 5.27. The number of carboxylic acid groups (broad SMARTS) is 1. The molecular formula is C15H20N2O3. The molecule has 5 heteroatoms. The van der Waals surface area contributed by atoms with Crippen molar-refractivity contribution in [2.45, 2.75) is 32.4 Å². The van der Waals surface area contributed by atoms with Crippen LogP contribution in [0.25, 0.3) is 0 Å². The topological polar surface area (TPSA) is 60.9 Å². The molecule has 0 bridgehead atoms. The number of hydrogen-bond acceptors (Lipinski definition) is 3. The SMILES string of the molecule is CC(=O)N1[C@H](CC(=O)O)CN(c2ccccc2)C[C@@H]1C. The number of para-hydroxylation sites is 1. The van der Waals surface area contributed by atoms with Gasteiger partial charge in [0.2, 0.25) is 5.91 Å². The van der Waals surface area contributed by atoms with Crippen LogP contribution in [0.15, 0.2) is 30.3 Å². The van der Waals surface area contributed by atoms with Gasteiger partial charge in [0.05, 0.1) is 12.5 Å². The minimum atomic E-state index is -0.872. The number of amides is 1. The molecule has 0 unspecified atom stereocenters. The third-order valence-electron chi connectivity index (χ3n) is 3.68. The fraction of sp³-hybridized carbons (Fsp3) is 0.467. The third kappa shape index (κ3) is 3.10. The minimum absolute atomic E-state index is 0.00538. The fourth-order valence-electron chi connectivity index (χ4n) is 2.97. The zero-order chi connectivity index (χ0) is 14.7. The van der Waals surface area contributed by atoms with E-state index in [1.807, 2.05) is 37.3 Å². The lowest BCUT2D eigenvalue weighted by Crippen LogP contribution is -2.59. The zero-order valence-electron chi connectivity index (χ0n) is 11.8. The number of carboxylic acids is 1. The molecule has 1 N–H and O–H groups in total. The van der Waals surface area contributed by atoms with Crippen LogP contribution in [0, 0.1) is 0 Å². The number of piperazine rings is 1. The molecule has 1 heterocycles. The molecule has 0 spiro atoms. The van der Waals surface area contributed by atoms with Gasteiger partial charge in [0.15, 0.2) is 0 Å². The van der Waals surface area contributed by atoms with Crippen molar-refractivity contribution in [3.05, 3.63) is 30.3 Å².